The number of nitrogens with zero attached hydrogens (tertiary/aromatic N) is 2. The minimum absolute atomic E-state index is 0. The van der Waals surface area contributed by atoms with Crippen molar-refractivity contribution in [2.24, 2.45) is 0 Å². The Balaban J connectivity index is 0.00000324. The van der Waals surface area contributed by atoms with Crippen molar-refractivity contribution in [2.75, 3.05) is 51.3 Å². The Bertz CT molecular complexity index is 1020. The van der Waals surface area contributed by atoms with Gasteiger partial charge in [-0.25, -0.2) is 0 Å². The normalized spacial score (nSPS) is 18.0. The summed E-state index contributed by atoms with van der Waals surface area (Å²) in [7, 11) is 1.70. The van der Waals surface area contributed by atoms with Gasteiger partial charge in [0.15, 0.2) is 11.5 Å². The molecule has 2 aliphatic heterocycles. The third-order valence-corrected chi connectivity index (χ3v) is 9.49. The number of para-hydroxylation sites is 2. The van der Waals surface area contributed by atoms with Crippen LogP contribution in [0.1, 0.15) is 19.4 Å². The summed E-state index contributed by atoms with van der Waals surface area (Å²) in [6, 6.07) is 8.10. The first kappa shape index (κ1) is 27.9. The van der Waals surface area contributed by atoms with Crippen LogP contribution in [0.5, 0.6) is 17.2 Å². The molecule has 1 N–H and O–H groups in total. The molecule has 4 rings (SSSR count). The maximum absolute atomic E-state index is 10.7. The minimum atomic E-state index is -0.609. The molecule has 6 nitrogen and oxygen atoms in total. The largest absolute Gasteiger partial charge is 0.495 e. The van der Waals surface area contributed by atoms with Crippen molar-refractivity contribution in [3.05, 3.63) is 43.2 Å². The van der Waals surface area contributed by atoms with Crippen LogP contribution in [0.2, 0.25) is 0 Å². The molecule has 188 valence electrons. The van der Waals surface area contributed by atoms with Gasteiger partial charge in [0.05, 0.1) is 21.7 Å². The fourth-order valence-corrected chi connectivity index (χ4v) is 6.09. The summed E-state index contributed by atoms with van der Waals surface area (Å²) >= 11 is 10.9. The lowest BCUT2D eigenvalue weighted by molar-refractivity contribution is 0.0628. The van der Waals surface area contributed by atoms with E-state index in [1.165, 1.54) is 0 Å². The maximum Gasteiger partial charge on any atom is 0.177 e. The van der Waals surface area contributed by atoms with Gasteiger partial charge in [0, 0.05) is 49.2 Å². The molecule has 0 spiro atoms. The van der Waals surface area contributed by atoms with Gasteiger partial charge in [0.2, 0.25) is 0 Å². The molecule has 10 heteroatoms. The predicted octanol–water partition coefficient (Wildman–Crippen LogP) is 5.68. The van der Waals surface area contributed by atoms with Gasteiger partial charge >= 0.3 is 0 Å². The highest BCUT2D eigenvalue weighted by molar-refractivity contribution is 9.14. The number of halogens is 4. The standard InChI is InChI=1S/C24H29Br3N2O4.ClH/c1-24(2)12-16-19(25)20(26)21(27)23(22(16)33-24)32-14-15(30)13-28-8-10-29(11-9-28)17-6-4-5-7-18(17)31-3;/h4-7,15,30H,8-14H2,1-3H3;1H. The van der Waals surface area contributed by atoms with Crippen molar-refractivity contribution in [1.82, 2.24) is 4.90 Å². The van der Waals surface area contributed by atoms with E-state index in [9.17, 15) is 5.11 Å². The lowest BCUT2D eigenvalue weighted by Gasteiger charge is -2.37. The fraction of sp³-hybridized carbons (Fsp3) is 0.500. The van der Waals surface area contributed by atoms with Crippen LogP contribution in [0.3, 0.4) is 0 Å². The lowest BCUT2D eigenvalue weighted by Crippen LogP contribution is -2.49. The monoisotopic (exact) mass is 682 g/mol. The molecule has 1 saturated heterocycles. The second-order valence-electron chi connectivity index (χ2n) is 9.04. The molecule has 0 aromatic heterocycles. The predicted molar refractivity (Wildman–Crippen MR) is 148 cm³/mol. The highest BCUT2D eigenvalue weighted by Gasteiger charge is 2.37. The number of methoxy groups -OCH3 is 1. The van der Waals surface area contributed by atoms with Crippen molar-refractivity contribution in [3.8, 4) is 17.2 Å². The van der Waals surface area contributed by atoms with E-state index < -0.39 is 6.10 Å². The van der Waals surface area contributed by atoms with Crippen LogP contribution in [0.15, 0.2) is 37.7 Å². The zero-order valence-corrected chi connectivity index (χ0v) is 25.0. The first-order valence-corrected chi connectivity index (χ1v) is 13.4. The van der Waals surface area contributed by atoms with E-state index in [-0.39, 0.29) is 24.6 Å². The molecule has 2 aliphatic rings. The number of aliphatic hydroxyl groups excluding tert-OH is 1. The Morgan fingerprint density at radius 3 is 2.41 bits per heavy atom. The van der Waals surface area contributed by atoms with Crippen LogP contribution in [-0.4, -0.2) is 68.2 Å². The Morgan fingerprint density at radius 2 is 1.74 bits per heavy atom. The lowest BCUT2D eigenvalue weighted by atomic mass is 10.0. The Kier molecular flexibility index (Phi) is 9.48. The van der Waals surface area contributed by atoms with Crippen LogP contribution < -0.4 is 19.1 Å². The number of aliphatic hydroxyl groups is 1. The third-order valence-electron chi connectivity index (χ3n) is 6.00. The van der Waals surface area contributed by atoms with Crippen molar-refractivity contribution in [2.45, 2.75) is 32.0 Å². The topological polar surface area (TPSA) is 54.4 Å². The van der Waals surface area contributed by atoms with Crippen LogP contribution in [0.25, 0.3) is 0 Å². The number of β-amino-alcohol motifs (C(OH)–C–C–N with tert-alkyl or cyclic N) is 1. The summed E-state index contributed by atoms with van der Waals surface area (Å²) in [4.78, 5) is 4.60. The summed E-state index contributed by atoms with van der Waals surface area (Å²) in [5, 5.41) is 10.7. The molecule has 34 heavy (non-hydrogen) atoms. The van der Waals surface area contributed by atoms with E-state index in [1.807, 2.05) is 18.2 Å². The van der Waals surface area contributed by atoms with Gasteiger partial charge in [-0.1, -0.05) is 12.1 Å². The molecular formula is C24H30Br3ClN2O4. The smallest absolute Gasteiger partial charge is 0.177 e. The Hall–Kier alpha value is -0.710. The fourth-order valence-electron chi connectivity index (χ4n) is 4.39. The Labute approximate surface area is 232 Å². The average molecular weight is 686 g/mol. The second kappa shape index (κ2) is 11.6. The van der Waals surface area contributed by atoms with E-state index in [1.54, 1.807) is 7.11 Å². The molecule has 1 atom stereocenters. The van der Waals surface area contributed by atoms with Crippen LogP contribution in [0.4, 0.5) is 5.69 Å². The first-order valence-electron chi connectivity index (χ1n) is 11.0. The summed E-state index contributed by atoms with van der Waals surface area (Å²) in [6.07, 6.45) is 0.173. The number of piperazine rings is 1. The number of hydrogen-bond donors (Lipinski definition) is 1. The number of rotatable bonds is 7. The molecule has 2 aromatic rings. The SMILES string of the molecule is COc1ccccc1N1CCN(CC(O)COc2c(Br)c(Br)c(Br)c3c2OC(C)(C)C3)CC1.Cl. The second-order valence-corrected chi connectivity index (χ2v) is 11.4. The van der Waals surface area contributed by atoms with Crippen molar-refractivity contribution < 1.29 is 19.3 Å². The van der Waals surface area contributed by atoms with Gasteiger partial charge in [-0.3, -0.25) is 4.90 Å². The molecule has 0 aliphatic carbocycles. The van der Waals surface area contributed by atoms with E-state index in [0.29, 0.717) is 12.3 Å². The van der Waals surface area contributed by atoms with Gasteiger partial charge in [-0.05, 0) is 73.8 Å². The molecule has 2 aromatic carbocycles. The van der Waals surface area contributed by atoms with Crippen molar-refractivity contribution >= 4 is 65.9 Å². The number of fused-ring (bicyclic) bond motifs is 1. The third kappa shape index (κ3) is 5.98. The van der Waals surface area contributed by atoms with Gasteiger partial charge in [-0.15, -0.1) is 12.4 Å². The van der Waals surface area contributed by atoms with Gasteiger partial charge < -0.3 is 24.2 Å². The van der Waals surface area contributed by atoms with E-state index in [2.05, 4.69) is 77.5 Å². The summed E-state index contributed by atoms with van der Waals surface area (Å²) < 4.78 is 20.4. The van der Waals surface area contributed by atoms with E-state index in [4.69, 9.17) is 14.2 Å². The zero-order valence-electron chi connectivity index (χ0n) is 19.4. The molecule has 0 amide bonds. The molecule has 0 bridgehead atoms. The quantitative estimate of drug-likeness (QED) is 0.379. The van der Waals surface area contributed by atoms with E-state index >= 15 is 0 Å². The summed E-state index contributed by atoms with van der Waals surface area (Å²) in [6.45, 7) is 8.38. The van der Waals surface area contributed by atoms with Gasteiger partial charge in [-0.2, -0.15) is 0 Å². The number of ether oxygens (including phenoxy) is 3. The Morgan fingerprint density at radius 1 is 1.06 bits per heavy atom. The molecule has 0 saturated carbocycles. The van der Waals surface area contributed by atoms with Crippen LogP contribution in [0, 0.1) is 0 Å². The summed E-state index contributed by atoms with van der Waals surface area (Å²) in [5.74, 6) is 2.26. The number of benzene rings is 2. The summed E-state index contributed by atoms with van der Waals surface area (Å²) in [5.41, 5.74) is 1.89. The minimum Gasteiger partial charge on any atom is -0.495 e. The van der Waals surface area contributed by atoms with Gasteiger partial charge in [0.25, 0.3) is 0 Å². The number of anilines is 1. The molecule has 1 fully saturated rings. The average Bonchev–Trinajstić information content (AvgIpc) is 3.13. The van der Waals surface area contributed by atoms with Crippen LogP contribution >= 0.6 is 60.2 Å². The molecule has 1 unspecified atom stereocenters. The zero-order chi connectivity index (χ0) is 23.8. The molecule has 2 heterocycles. The highest BCUT2D eigenvalue weighted by Crippen LogP contribution is 2.53. The molecular weight excluding hydrogens is 655 g/mol. The first-order chi connectivity index (χ1) is 15.7. The maximum atomic E-state index is 10.7. The number of hydrogen-bond acceptors (Lipinski definition) is 6. The van der Waals surface area contributed by atoms with Crippen molar-refractivity contribution in [1.29, 1.82) is 0 Å². The van der Waals surface area contributed by atoms with E-state index in [0.717, 1.165) is 68.8 Å². The molecule has 0 radical (unpaired) electrons. The van der Waals surface area contributed by atoms with Gasteiger partial charge in [0.1, 0.15) is 24.1 Å². The highest BCUT2D eigenvalue weighted by atomic mass is 79.9. The van der Waals surface area contributed by atoms with Crippen molar-refractivity contribution in [3.63, 3.8) is 0 Å². The van der Waals surface area contributed by atoms with Crippen LogP contribution in [-0.2, 0) is 6.42 Å².